The summed E-state index contributed by atoms with van der Waals surface area (Å²) in [4.78, 5) is 10.6. The molecule has 1 aliphatic rings. The van der Waals surface area contributed by atoms with Gasteiger partial charge in [0, 0.05) is 5.75 Å². The number of carbonyl (C=O) groups is 1. The zero-order valence-electron chi connectivity index (χ0n) is 8.81. The van der Waals surface area contributed by atoms with Crippen LogP contribution in [0.5, 0.6) is 0 Å². The molecule has 0 spiro atoms. The summed E-state index contributed by atoms with van der Waals surface area (Å²) in [7, 11) is 0. The molecule has 0 aliphatic heterocycles. The van der Waals surface area contributed by atoms with E-state index in [0.717, 1.165) is 25.7 Å². The van der Waals surface area contributed by atoms with Crippen molar-refractivity contribution in [2.24, 2.45) is 0 Å². The summed E-state index contributed by atoms with van der Waals surface area (Å²) in [6.45, 7) is 0. The average Bonchev–Trinajstić information content (AvgIpc) is 2.84. The largest absolute Gasteiger partial charge is 0.475 e. The van der Waals surface area contributed by atoms with E-state index in [1.54, 1.807) is 6.07 Å². The highest BCUT2D eigenvalue weighted by Crippen LogP contribution is 2.35. The molecule has 0 radical (unpaired) electrons. The quantitative estimate of drug-likeness (QED) is 0.793. The van der Waals surface area contributed by atoms with Gasteiger partial charge in [-0.25, -0.2) is 4.79 Å². The standard InChI is InChI=1S/C11H14O4S/c12-10(13)8-3-4-9(15-8)16-7-11(14)5-1-2-6-11/h3-4,14H,1-2,5-7H2,(H,12,13). The maximum Gasteiger partial charge on any atom is 0.371 e. The van der Waals surface area contributed by atoms with E-state index in [1.807, 2.05) is 0 Å². The van der Waals surface area contributed by atoms with Crippen molar-refractivity contribution < 1.29 is 19.4 Å². The van der Waals surface area contributed by atoms with Gasteiger partial charge in [0.25, 0.3) is 0 Å². The highest BCUT2D eigenvalue weighted by atomic mass is 32.2. The van der Waals surface area contributed by atoms with E-state index in [2.05, 4.69) is 0 Å². The summed E-state index contributed by atoms with van der Waals surface area (Å²) in [6, 6.07) is 3.07. The molecular formula is C11H14O4S. The van der Waals surface area contributed by atoms with Crippen LogP contribution in [0.1, 0.15) is 36.2 Å². The Morgan fingerprint density at radius 1 is 1.44 bits per heavy atom. The van der Waals surface area contributed by atoms with Crippen molar-refractivity contribution in [3.8, 4) is 0 Å². The van der Waals surface area contributed by atoms with Crippen molar-refractivity contribution in [3.05, 3.63) is 17.9 Å². The second kappa shape index (κ2) is 4.51. The molecule has 1 aromatic rings. The van der Waals surface area contributed by atoms with Gasteiger partial charge >= 0.3 is 5.97 Å². The van der Waals surface area contributed by atoms with Crippen LogP contribution in [0.4, 0.5) is 0 Å². The molecule has 1 aromatic heterocycles. The van der Waals surface area contributed by atoms with Crippen molar-refractivity contribution in [1.82, 2.24) is 0 Å². The Bertz CT molecular complexity index is 379. The lowest BCUT2D eigenvalue weighted by Gasteiger charge is -2.20. The van der Waals surface area contributed by atoms with E-state index >= 15 is 0 Å². The molecule has 1 fully saturated rings. The Labute approximate surface area is 97.6 Å². The van der Waals surface area contributed by atoms with Crippen LogP contribution in [0.15, 0.2) is 21.6 Å². The fourth-order valence-electron chi connectivity index (χ4n) is 1.90. The maximum atomic E-state index is 10.6. The van der Waals surface area contributed by atoms with Crippen LogP contribution in [0.25, 0.3) is 0 Å². The molecule has 0 atom stereocenters. The Morgan fingerprint density at radius 2 is 2.12 bits per heavy atom. The van der Waals surface area contributed by atoms with Crippen molar-refractivity contribution in [2.75, 3.05) is 5.75 Å². The summed E-state index contributed by atoms with van der Waals surface area (Å²) in [5.74, 6) is -0.549. The number of rotatable bonds is 4. The summed E-state index contributed by atoms with van der Waals surface area (Å²) in [5.41, 5.74) is -0.596. The molecule has 2 N–H and O–H groups in total. The fourth-order valence-corrected chi connectivity index (χ4v) is 2.91. The molecule has 5 heteroatoms. The summed E-state index contributed by atoms with van der Waals surface area (Å²) in [5, 5.41) is 19.3. The number of thioether (sulfide) groups is 1. The first-order chi connectivity index (χ1) is 7.59. The van der Waals surface area contributed by atoms with E-state index < -0.39 is 11.6 Å². The number of furan rings is 1. The Balaban J connectivity index is 1.91. The number of aliphatic hydroxyl groups is 1. The molecule has 0 unspecified atom stereocenters. The van der Waals surface area contributed by atoms with Crippen LogP contribution in [0.3, 0.4) is 0 Å². The molecule has 1 saturated carbocycles. The predicted octanol–water partition coefficient (Wildman–Crippen LogP) is 2.38. The van der Waals surface area contributed by atoms with Gasteiger partial charge in [-0.05, 0) is 25.0 Å². The van der Waals surface area contributed by atoms with Gasteiger partial charge in [0.15, 0.2) is 5.09 Å². The minimum absolute atomic E-state index is 0.0547. The number of aromatic carboxylic acids is 1. The second-order valence-corrected chi connectivity index (χ2v) is 5.12. The lowest BCUT2D eigenvalue weighted by molar-refractivity contribution is 0.0656. The van der Waals surface area contributed by atoms with Crippen LogP contribution in [0.2, 0.25) is 0 Å². The van der Waals surface area contributed by atoms with Gasteiger partial charge in [-0.1, -0.05) is 24.6 Å². The van der Waals surface area contributed by atoms with Crippen LogP contribution >= 0.6 is 11.8 Å². The Morgan fingerprint density at radius 3 is 2.69 bits per heavy atom. The highest BCUT2D eigenvalue weighted by molar-refractivity contribution is 7.99. The van der Waals surface area contributed by atoms with Crippen molar-refractivity contribution in [3.63, 3.8) is 0 Å². The monoisotopic (exact) mass is 242 g/mol. The molecule has 1 heterocycles. The Kier molecular flexibility index (Phi) is 3.25. The second-order valence-electron chi connectivity index (χ2n) is 4.14. The minimum atomic E-state index is -1.06. The number of hydrogen-bond donors (Lipinski definition) is 2. The Hall–Kier alpha value is -0.940. The van der Waals surface area contributed by atoms with E-state index in [1.165, 1.54) is 17.8 Å². The van der Waals surface area contributed by atoms with E-state index in [4.69, 9.17) is 9.52 Å². The number of carboxylic acid groups (broad SMARTS) is 1. The smallest absolute Gasteiger partial charge is 0.371 e. The molecule has 88 valence electrons. The zero-order chi connectivity index (χ0) is 11.6. The molecule has 2 rings (SSSR count). The molecule has 0 amide bonds. The molecule has 16 heavy (non-hydrogen) atoms. The molecule has 4 nitrogen and oxygen atoms in total. The summed E-state index contributed by atoms with van der Waals surface area (Å²) < 4.78 is 5.10. The van der Waals surface area contributed by atoms with Crippen molar-refractivity contribution >= 4 is 17.7 Å². The highest BCUT2D eigenvalue weighted by Gasteiger charge is 2.31. The third-order valence-electron chi connectivity index (χ3n) is 2.81. The van der Waals surface area contributed by atoms with Crippen LogP contribution in [0, 0.1) is 0 Å². The lowest BCUT2D eigenvalue weighted by atomic mass is 10.1. The van der Waals surface area contributed by atoms with Gasteiger partial charge in [0.05, 0.1) is 5.60 Å². The van der Waals surface area contributed by atoms with Crippen molar-refractivity contribution in [1.29, 1.82) is 0 Å². The van der Waals surface area contributed by atoms with Crippen molar-refractivity contribution in [2.45, 2.75) is 36.4 Å². The van der Waals surface area contributed by atoms with E-state index in [-0.39, 0.29) is 5.76 Å². The lowest BCUT2D eigenvalue weighted by Crippen LogP contribution is -2.26. The number of carboxylic acids is 1. The van der Waals surface area contributed by atoms with E-state index in [9.17, 15) is 9.90 Å². The minimum Gasteiger partial charge on any atom is -0.475 e. The average molecular weight is 242 g/mol. The topological polar surface area (TPSA) is 70.7 Å². The van der Waals surface area contributed by atoms with Gasteiger partial charge in [-0.2, -0.15) is 0 Å². The first-order valence-electron chi connectivity index (χ1n) is 5.27. The fraction of sp³-hybridized carbons (Fsp3) is 0.545. The van der Waals surface area contributed by atoms with Gasteiger partial charge in [-0.3, -0.25) is 0 Å². The van der Waals surface area contributed by atoms with Gasteiger partial charge < -0.3 is 14.6 Å². The van der Waals surface area contributed by atoms with E-state index in [0.29, 0.717) is 10.8 Å². The molecule has 0 bridgehead atoms. The predicted molar refractivity (Wildman–Crippen MR) is 59.8 cm³/mol. The zero-order valence-corrected chi connectivity index (χ0v) is 9.63. The van der Waals surface area contributed by atoms with Crippen LogP contribution < -0.4 is 0 Å². The SMILES string of the molecule is O=C(O)c1ccc(SCC2(O)CCCC2)o1. The summed E-state index contributed by atoms with van der Waals surface area (Å²) in [6.07, 6.45) is 3.78. The van der Waals surface area contributed by atoms with Gasteiger partial charge in [0.2, 0.25) is 5.76 Å². The van der Waals surface area contributed by atoms with Crippen LogP contribution in [-0.2, 0) is 0 Å². The molecule has 1 aliphatic carbocycles. The summed E-state index contributed by atoms with van der Waals surface area (Å²) >= 11 is 1.37. The third kappa shape index (κ3) is 2.59. The first-order valence-corrected chi connectivity index (χ1v) is 6.26. The maximum absolute atomic E-state index is 10.6. The number of hydrogen-bond acceptors (Lipinski definition) is 4. The third-order valence-corrected chi connectivity index (χ3v) is 4.00. The van der Waals surface area contributed by atoms with Gasteiger partial charge in [-0.15, -0.1) is 0 Å². The van der Waals surface area contributed by atoms with Crippen LogP contribution in [-0.4, -0.2) is 27.5 Å². The molecular weight excluding hydrogens is 228 g/mol. The molecule has 0 aromatic carbocycles. The molecule has 0 saturated heterocycles. The van der Waals surface area contributed by atoms with Gasteiger partial charge in [0.1, 0.15) is 0 Å². The normalized spacial score (nSPS) is 18.8. The first kappa shape index (κ1) is 11.5.